The van der Waals surface area contributed by atoms with E-state index in [9.17, 15) is 9.59 Å². The van der Waals surface area contributed by atoms with E-state index in [0.29, 0.717) is 38.9 Å². The van der Waals surface area contributed by atoms with Crippen LogP contribution in [0.3, 0.4) is 0 Å². The van der Waals surface area contributed by atoms with Crippen molar-refractivity contribution in [2.24, 2.45) is 0 Å². The van der Waals surface area contributed by atoms with E-state index >= 15 is 0 Å². The lowest BCUT2D eigenvalue weighted by molar-refractivity contribution is -0.131. The average molecular weight is 330 g/mol. The molecule has 2 aromatic rings. The first-order chi connectivity index (χ1) is 11.5. The van der Waals surface area contributed by atoms with Gasteiger partial charge in [-0.1, -0.05) is 6.07 Å². The Labute approximate surface area is 142 Å². The van der Waals surface area contributed by atoms with Gasteiger partial charge >= 0.3 is 0 Å². The van der Waals surface area contributed by atoms with Gasteiger partial charge in [0, 0.05) is 39.4 Å². The number of hydrogen-bond acceptors (Lipinski definition) is 3. The van der Waals surface area contributed by atoms with E-state index in [2.05, 4.69) is 28.3 Å². The van der Waals surface area contributed by atoms with Crippen LogP contribution >= 0.6 is 0 Å². The summed E-state index contributed by atoms with van der Waals surface area (Å²) >= 11 is 0. The van der Waals surface area contributed by atoms with Gasteiger partial charge in [-0.2, -0.15) is 0 Å². The number of carbonyl (C=O) groups excluding carboxylic acids is 2. The van der Waals surface area contributed by atoms with Gasteiger partial charge < -0.3 is 15.2 Å². The molecule has 0 bridgehead atoms. The minimum absolute atomic E-state index is 0.0603. The summed E-state index contributed by atoms with van der Waals surface area (Å²) < 4.78 is 0. The number of carbonyl (C=O) groups is 2. The third-order valence-corrected chi connectivity index (χ3v) is 3.98. The summed E-state index contributed by atoms with van der Waals surface area (Å²) in [5.74, 6) is 0.963. The molecule has 0 fully saturated rings. The smallest absolute Gasteiger partial charge is 0.222 e. The second-order valence-electron chi connectivity index (χ2n) is 6.01. The van der Waals surface area contributed by atoms with Gasteiger partial charge in [-0.15, -0.1) is 0 Å². The highest BCUT2D eigenvalue weighted by Crippen LogP contribution is 2.13. The number of aromatic amines is 1. The molecule has 0 atom stereocenters. The monoisotopic (exact) mass is 330 g/mol. The van der Waals surface area contributed by atoms with Crippen LogP contribution in [0.4, 0.5) is 0 Å². The van der Waals surface area contributed by atoms with Crippen molar-refractivity contribution in [3.05, 3.63) is 29.6 Å². The van der Waals surface area contributed by atoms with Gasteiger partial charge in [-0.05, 0) is 38.0 Å². The van der Waals surface area contributed by atoms with Crippen LogP contribution in [0.1, 0.15) is 38.1 Å². The van der Waals surface area contributed by atoms with Crippen LogP contribution in [0, 0.1) is 6.92 Å². The lowest BCUT2D eigenvalue weighted by Gasteiger charge is -2.20. The fraction of sp³-hybridized carbons (Fsp3) is 0.500. The molecule has 24 heavy (non-hydrogen) atoms. The molecule has 0 aliphatic rings. The van der Waals surface area contributed by atoms with Gasteiger partial charge in [0.15, 0.2) is 0 Å². The zero-order valence-electron chi connectivity index (χ0n) is 14.7. The molecule has 2 rings (SSSR count). The van der Waals surface area contributed by atoms with Crippen LogP contribution < -0.4 is 5.32 Å². The number of nitrogens with one attached hydrogen (secondary N) is 2. The zero-order valence-corrected chi connectivity index (χ0v) is 14.7. The summed E-state index contributed by atoms with van der Waals surface area (Å²) in [6, 6.07) is 6.13. The molecule has 2 amide bonds. The second kappa shape index (κ2) is 8.47. The van der Waals surface area contributed by atoms with Crippen molar-refractivity contribution in [2.45, 2.75) is 40.0 Å². The first-order valence-corrected chi connectivity index (χ1v) is 8.47. The minimum atomic E-state index is -0.0603. The third kappa shape index (κ3) is 5.08. The Bertz CT molecular complexity index is 708. The maximum Gasteiger partial charge on any atom is 0.222 e. The topological polar surface area (TPSA) is 78.1 Å². The van der Waals surface area contributed by atoms with Gasteiger partial charge in [0.1, 0.15) is 5.82 Å². The Kier molecular flexibility index (Phi) is 6.35. The number of H-pyrrole nitrogens is 1. The number of benzene rings is 1. The molecule has 1 heterocycles. The van der Waals surface area contributed by atoms with Crippen molar-refractivity contribution in [2.75, 3.05) is 19.6 Å². The highest BCUT2D eigenvalue weighted by molar-refractivity contribution is 5.77. The van der Waals surface area contributed by atoms with Crippen molar-refractivity contribution >= 4 is 22.8 Å². The lowest BCUT2D eigenvalue weighted by atomic mass is 10.2. The molecule has 6 heteroatoms. The summed E-state index contributed by atoms with van der Waals surface area (Å²) in [5, 5.41) is 2.71. The van der Waals surface area contributed by atoms with Crippen molar-refractivity contribution in [3.63, 3.8) is 0 Å². The number of aromatic nitrogens is 2. The maximum absolute atomic E-state index is 12.2. The molecule has 130 valence electrons. The molecule has 0 radical (unpaired) electrons. The fourth-order valence-corrected chi connectivity index (χ4v) is 2.66. The summed E-state index contributed by atoms with van der Waals surface area (Å²) in [5.41, 5.74) is 3.19. The van der Waals surface area contributed by atoms with Gasteiger partial charge in [0.05, 0.1) is 11.0 Å². The third-order valence-electron chi connectivity index (χ3n) is 3.98. The van der Waals surface area contributed by atoms with Crippen LogP contribution in [0.15, 0.2) is 18.2 Å². The van der Waals surface area contributed by atoms with Crippen molar-refractivity contribution in [3.8, 4) is 0 Å². The highest BCUT2D eigenvalue weighted by atomic mass is 16.2. The van der Waals surface area contributed by atoms with E-state index < -0.39 is 0 Å². The normalized spacial score (nSPS) is 10.8. The Hall–Kier alpha value is -2.37. The van der Waals surface area contributed by atoms with Gasteiger partial charge in [0.2, 0.25) is 11.8 Å². The number of fused-ring (bicyclic) bond motifs is 1. The Morgan fingerprint density at radius 2 is 2.12 bits per heavy atom. The molecule has 0 saturated heterocycles. The first-order valence-electron chi connectivity index (χ1n) is 8.47. The molecular formula is C18H26N4O2. The van der Waals surface area contributed by atoms with Crippen molar-refractivity contribution < 1.29 is 9.59 Å². The molecule has 1 aromatic carbocycles. The van der Waals surface area contributed by atoms with E-state index in [1.54, 1.807) is 0 Å². The van der Waals surface area contributed by atoms with E-state index in [1.165, 1.54) is 12.5 Å². The van der Waals surface area contributed by atoms with E-state index in [-0.39, 0.29) is 11.8 Å². The number of hydrogen-bond donors (Lipinski definition) is 2. The number of amides is 2. The van der Waals surface area contributed by atoms with E-state index in [4.69, 9.17) is 0 Å². The Morgan fingerprint density at radius 1 is 1.33 bits per heavy atom. The summed E-state index contributed by atoms with van der Waals surface area (Å²) in [6.45, 7) is 7.38. The van der Waals surface area contributed by atoms with Gasteiger partial charge in [0.25, 0.3) is 0 Å². The predicted octanol–water partition coefficient (Wildman–Crippen LogP) is 2.18. The van der Waals surface area contributed by atoms with Crippen LogP contribution in [0.2, 0.25) is 0 Å². The molecule has 0 saturated carbocycles. The first kappa shape index (κ1) is 18.0. The highest BCUT2D eigenvalue weighted by Gasteiger charge is 2.12. The molecule has 6 nitrogen and oxygen atoms in total. The molecule has 0 spiro atoms. The molecular weight excluding hydrogens is 304 g/mol. The largest absolute Gasteiger partial charge is 0.356 e. The molecule has 0 aliphatic heterocycles. The number of aryl methyl sites for hydroxylation is 1. The van der Waals surface area contributed by atoms with Crippen LogP contribution in [-0.4, -0.2) is 46.3 Å². The quantitative estimate of drug-likeness (QED) is 0.728. The zero-order chi connectivity index (χ0) is 17.5. The van der Waals surface area contributed by atoms with Gasteiger partial charge in [-0.25, -0.2) is 4.98 Å². The number of imidazole rings is 1. The van der Waals surface area contributed by atoms with Crippen molar-refractivity contribution in [1.29, 1.82) is 0 Å². The second-order valence-corrected chi connectivity index (χ2v) is 6.01. The maximum atomic E-state index is 12.2. The number of likely N-dealkylation sites (N-methyl/N-ethyl adjacent to an activating group) is 1. The molecule has 1 aromatic heterocycles. The molecule has 0 unspecified atom stereocenters. The van der Waals surface area contributed by atoms with Crippen LogP contribution in [0.5, 0.6) is 0 Å². The van der Waals surface area contributed by atoms with E-state index in [1.807, 2.05) is 24.0 Å². The van der Waals surface area contributed by atoms with E-state index in [0.717, 1.165) is 16.9 Å². The van der Waals surface area contributed by atoms with Crippen molar-refractivity contribution in [1.82, 2.24) is 20.2 Å². The Morgan fingerprint density at radius 3 is 2.83 bits per heavy atom. The standard InChI is InChI=1S/C18H26N4O2/c1-4-22(18(24)6-5-10-19-14(3)23)11-9-17-20-15-8-7-13(2)12-16(15)21-17/h7-8,12H,4-6,9-11H2,1-3H3,(H,19,23)(H,20,21). The van der Waals surface area contributed by atoms with Crippen LogP contribution in [0.25, 0.3) is 11.0 Å². The van der Waals surface area contributed by atoms with Crippen LogP contribution in [-0.2, 0) is 16.0 Å². The minimum Gasteiger partial charge on any atom is -0.356 e. The van der Waals surface area contributed by atoms with Gasteiger partial charge in [-0.3, -0.25) is 9.59 Å². The number of rotatable bonds is 8. The predicted molar refractivity (Wildman–Crippen MR) is 94.7 cm³/mol. The average Bonchev–Trinajstić information content (AvgIpc) is 2.93. The SMILES string of the molecule is CCN(CCc1nc2ccc(C)cc2[nH]1)C(=O)CCCNC(C)=O. The fourth-order valence-electron chi connectivity index (χ4n) is 2.66. The summed E-state index contributed by atoms with van der Waals surface area (Å²) in [6.07, 6.45) is 1.82. The summed E-state index contributed by atoms with van der Waals surface area (Å²) in [4.78, 5) is 32.8. The lowest BCUT2D eigenvalue weighted by Crippen LogP contribution is -2.33. The molecule has 2 N–H and O–H groups in total. The Balaban J connectivity index is 1.85. The molecule has 0 aliphatic carbocycles. The number of nitrogens with zero attached hydrogens (tertiary/aromatic N) is 2. The summed E-state index contributed by atoms with van der Waals surface area (Å²) in [7, 11) is 0.